The molecule has 6 nitrogen and oxygen atoms in total. The van der Waals surface area contributed by atoms with Crippen LogP contribution in [-0.2, 0) is 11.0 Å². The summed E-state index contributed by atoms with van der Waals surface area (Å²) in [6.07, 6.45) is -4.38. The number of anilines is 1. The van der Waals surface area contributed by atoms with Crippen molar-refractivity contribution in [3.63, 3.8) is 0 Å². The van der Waals surface area contributed by atoms with Gasteiger partial charge in [0.15, 0.2) is 0 Å². The largest absolute Gasteiger partial charge is 0.416 e. The first kappa shape index (κ1) is 23.2. The molecule has 0 radical (unpaired) electrons. The molecule has 1 aliphatic rings. The van der Waals surface area contributed by atoms with E-state index in [1.54, 1.807) is 11.0 Å². The van der Waals surface area contributed by atoms with Crippen molar-refractivity contribution >= 4 is 23.4 Å². The molecular formula is C23H23F3N4O2S. The van der Waals surface area contributed by atoms with Gasteiger partial charge >= 0.3 is 6.18 Å². The van der Waals surface area contributed by atoms with Crippen LogP contribution in [-0.4, -0.2) is 52.9 Å². The number of aryl methyl sites for hydroxylation is 2. The second-order valence-corrected chi connectivity index (χ2v) is 8.88. The summed E-state index contributed by atoms with van der Waals surface area (Å²) in [4.78, 5) is 16.2. The number of thioether (sulfide) groups is 1. The number of rotatable bonds is 5. The van der Waals surface area contributed by atoms with Crippen molar-refractivity contribution in [1.82, 2.24) is 15.1 Å². The average molecular weight is 477 g/mol. The molecule has 10 heteroatoms. The van der Waals surface area contributed by atoms with Crippen LogP contribution in [0.25, 0.3) is 11.5 Å². The third kappa shape index (κ3) is 5.68. The number of piperazine rings is 1. The molecule has 1 aromatic heterocycles. The van der Waals surface area contributed by atoms with Gasteiger partial charge in [0, 0.05) is 37.4 Å². The molecule has 0 N–H and O–H groups in total. The minimum Gasteiger partial charge on any atom is -0.411 e. The lowest BCUT2D eigenvalue weighted by atomic mass is 10.1. The SMILES string of the molecule is Cc1cc(C)cc(-c2nnc(SCC(=O)N3CCN(c4cccc(C(F)(F)F)c4)CC3)o2)c1. The van der Waals surface area contributed by atoms with Crippen molar-refractivity contribution in [3.8, 4) is 11.5 Å². The number of hydrogen-bond donors (Lipinski definition) is 0. The van der Waals surface area contributed by atoms with Gasteiger partial charge in [-0.25, -0.2) is 0 Å². The van der Waals surface area contributed by atoms with E-state index in [0.717, 1.165) is 28.8 Å². The maximum atomic E-state index is 13.0. The van der Waals surface area contributed by atoms with Crippen molar-refractivity contribution in [3.05, 3.63) is 59.2 Å². The quantitative estimate of drug-likeness (QED) is 0.493. The highest BCUT2D eigenvalue weighted by Crippen LogP contribution is 2.32. The third-order valence-electron chi connectivity index (χ3n) is 5.37. The molecule has 0 spiro atoms. The fourth-order valence-electron chi connectivity index (χ4n) is 3.79. The predicted molar refractivity (Wildman–Crippen MR) is 120 cm³/mol. The van der Waals surface area contributed by atoms with Crippen molar-refractivity contribution in [1.29, 1.82) is 0 Å². The van der Waals surface area contributed by atoms with Gasteiger partial charge in [0.05, 0.1) is 11.3 Å². The van der Waals surface area contributed by atoms with E-state index in [4.69, 9.17) is 4.42 Å². The van der Waals surface area contributed by atoms with Crippen LogP contribution in [0.5, 0.6) is 0 Å². The van der Waals surface area contributed by atoms with Gasteiger partial charge in [-0.15, -0.1) is 10.2 Å². The van der Waals surface area contributed by atoms with Crippen LogP contribution in [0.4, 0.5) is 18.9 Å². The van der Waals surface area contributed by atoms with Crippen molar-refractivity contribution in [2.24, 2.45) is 0 Å². The molecule has 2 heterocycles. The zero-order chi connectivity index (χ0) is 23.6. The summed E-state index contributed by atoms with van der Waals surface area (Å²) in [7, 11) is 0. The number of carbonyl (C=O) groups excluding carboxylic acids is 1. The van der Waals surface area contributed by atoms with Gasteiger partial charge in [0.1, 0.15) is 0 Å². The Morgan fingerprint density at radius 1 is 1.03 bits per heavy atom. The van der Waals surface area contributed by atoms with Crippen LogP contribution in [0.1, 0.15) is 16.7 Å². The summed E-state index contributed by atoms with van der Waals surface area (Å²) in [5, 5.41) is 8.42. The van der Waals surface area contributed by atoms with Crippen LogP contribution in [0.2, 0.25) is 0 Å². The maximum absolute atomic E-state index is 13.0. The molecule has 0 bridgehead atoms. The molecule has 0 saturated carbocycles. The van der Waals surface area contributed by atoms with Gasteiger partial charge in [0.2, 0.25) is 11.8 Å². The number of benzene rings is 2. The summed E-state index contributed by atoms with van der Waals surface area (Å²) in [5.74, 6) is 0.485. The molecule has 1 amide bonds. The third-order valence-corrected chi connectivity index (χ3v) is 6.17. The van der Waals surface area contributed by atoms with Gasteiger partial charge in [-0.05, 0) is 44.2 Å². The summed E-state index contributed by atoms with van der Waals surface area (Å²) < 4.78 is 44.6. The summed E-state index contributed by atoms with van der Waals surface area (Å²) in [5.41, 5.74) is 2.86. The Morgan fingerprint density at radius 2 is 1.73 bits per heavy atom. The molecule has 1 fully saturated rings. The minimum absolute atomic E-state index is 0.0742. The van der Waals surface area contributed by atoms with E-state index in [9.17, 15) is 18.0 Å². The minimum atomic E-state index is -4.38. The Bertz CT molecular complexity index is 1120. The summed E-state index contributed by atoms with van der Waals surface area (Å²) in [6.45, 7) is 5.80. The Morgan fingerprint density at radius 3 is 2.39 bits per heavy atom. The van der Waals surface area contributed by atoms with Crippen LogP contribution in [0, 0.1) is 13.8 Å². The molecule has 0 atom stereocenters. The number of halogens is 3. The van der Waals surface area contributed by atoms with E-state index in [2.05, 4.69) is 16.3 Å². The van der Waals surface area contributed by atoms with E-state index < -0.39 is 11.7 Å². The predicted octanol–water partition coefficient (Wildman–Crippen LogP) is 4.81. The Kier molecular flexibility index (Phi) is 6.64. The lowest BCUT2D eigenvalue weighted by Gasteiger charge is -2.36. The number of nitrogens with zero attached hydrogens (tertiary/aromatic N) is 4. The standard InChI is InChI=1S/C23H23F3N4O2S/c1-15-10-16(2)12-17(11-15)21-27-28-22(32-21)33-14-20(31)30-8-6-29(7-9-30)19-5-3-4-18(13-19)23(24,25)26/h3-5,10-13H,6-9,14H2,1-2H3. The highest BCUT2D eigenvalue weighted by Gasteiger charge is 2.31. The van der Waals surface area contributed by atoms with Crippen LogP contribution in [0.15, 0.2) is 52.1 Å². The molecule has 1 aliphatic heterocycles. The molecule has 0 aliphatic carbocycles. The molecule has 33 heavy (non-hydrogen) atoms. The highest BCUT2D eigenvalue weighted by atomic mass is 32.2. The van der Waals surface area contributed by atoms with Crippen molar-refractivity contribution in [2.75, 3.05) is 36.8 Å². The molecule has 2 aromatic carbocycles. The van der Waals surface area contributed by atoms with E-state index in [0.29, 0.717) is 43.0 Å². The number of aromatic nitrogens is 2. The number of carbonyl (C=O) groups is 1. The zero-order valence-corrected chi connectivity index (χ0v) is 19.0. The summed E-state index contributed by atoms with van der Waals surface area (Å²) in [6, 6.07) is 11.3. The van der Waals surface area contributed by atoms with Gasteiger partial charge < -0.3 is 14.2 Å². The molecule has 0 unspecified atom stereocenters. The van der Waals surface area contributed by atoms with E-state index >= 15 is 0 Å². The molecule has 3 aromatic rings. The second kappa shape index (κ2) is 9.46. The fraction of sp³-hybridized carbons (Fsp3) is 0.348. The van der Waals surface area contributed by atoms with Gasteiger partial charge in [-0.2, -0.15) is 13.2 Å². The average Bonchev–Trinajstić information content (AvgIpc) is 3.26. The van der Waals surface area contributed by atoms with Crippen molar-refractivity contribution in [2.45, 2.75) is 25.2 Å². The molecule has 174 valence electrons. The maximum Gasteiger partial charge on any atom is 0.416 e. The second-order valence-electron chi connectivity index (χ2n) is 7.95. The van der Waals surface area contributed by atoms with Crippen LogP contribution >= 0.6 is 11.8 Å². The number of amides is 1. The smallest absolute Gasteiger partial charge is 0.411 e. The van der Waals surface area contributed by atoms with Crippen molar-refractivity contribution < 1.29 is 22.4 Å². The first-order chi connectivity index (χ1) is 15.7. The van der Waals surface area contributed by atoms with Gasteiger partial charge in [0.25, 0.3) is 5.22 Å². The lowest BCUT2D eigenvalue weighted by Crippen LogP contribution is -2.49. The number of hydrogen-bond acceptors (Lipinski definition) is 6. The summed E-state index contributed by atoms with van der Waals surface area (Å²) >= 11 is 1.18. The monoisotopic (exact) mass is 476 g/mol. The molecular weight excluding hydrogens is 453 g/mol. The number of alkyl halides is 3. The zero-order valence-electron chi connectivity index (χ0n) is 18.2. The highest BCUT2D eigenvalue weighted by molar-refractivity contribution is 7.99. The van der Waals surface area contributed by atoms with E-state index in [1.165, 1.54) is 17.8 Å². The van der Waals surface area contributed by atoms with Gasteiger partial charge in [-0.3, -0.25) is 4.79 Å². The molecule has 1 saturated heterocycles. The van der Waals surface area contributed by atoms with Gasteiger partial charge in [-0.1, -0.05) is 35.0 Å². The Balaban J connectivity index is 1.30. The topological polar surface area (TPSA) is 62.5 Å². The van der Waals surface area contributed by atoms with E-state index in [-0.39, 0.29) is 11.7 Å². The Hall–Kier alpha value is -3.01. The first-order valence-electron chi connectivity index (χ1n) is 10.4. The normalized spacial score (nSPS) is 14.6. The molecule has 4 rings (SSSR count). The lowest BCUT2D eigenvalue weighted by molar-refractivity contribution is -0.137. The van der Waals surface area contributed by atoms with Crippen LogP contribution in [0.3, 0.4) is 0 Å². The Labute approximate surface area is 193 Å². The van der Waals surface area contributed by atoms with E-state index in [1.807, 2.05) is 30.9 Å². The van der Waals surface area contributed by atoms with Crippen LogP contribution < -0.4 is 4.90 Å². The fourth-order valence-corrected chi connectivity index (χ4v) is 4.46. The first-order valence-corrected chi connectivity index (χ1v) is 11.4.